The van der Waals surface area contributed by atoms with Crippen LogP contribution >= 0.6 is 0 Å². The Morgan fingerprint density at radius 1 is 1.67 bits per heavy atom. The number of β-amino-alcohol motifs (C(OH)–C–C–N with tert-alkyl or cyclic N) is 1. The van der Waals surface area contributed by atoms with Crippen LogP contribution in [-0.4, -0.2) is 27.9 Å². The molecule has 4 N–H and O–H groups in total. The van der Waals surface area contributed by atoms with Crippen LogP contribution in [0.15, 0.2) is 4.52 Å². The van der Waals surface area contributed by atoms with Gasteiger partial charge in [-0.3, -0.25) is 0 Å². The quantitative estimate of drug-likeness (QED) is 0.502. The van der Waals surface area contributed by atoms with Gasteiger partial charge in [-0.15, -0.1) is 0 Å². The molecule has 12 heavy (non-hydrogen) atoms. The Labute approximate surface area is 68.8 Å². The SMILES string of the molecule is Nc1noc([C@@H]2C[C@@H](O)CN2)n1. The molecule has 0 saturated carbocycles. The van der Waals surface area contributed by atoms with Gasteiger partial charge in [0.2, 0.25) is 5.89 Å². The normalized spacial score (nSPS) is 29.4. The number of nitrogens with two attached hydrogens (primary N) is 1. The molecule has 2 rings (SSSR count). The van der Waals surface area contributed by atoms with E-state index in [1.54, 1.807) is 0 Å². The zero-order valence-electron chi connectivity index (χ0n) is 6.40. The Bertz CT molecular complexity index is 274. The van der Waals surface area contributed by atoms with Gasteiger partial charge in [0.05, 0.1) is 12.1 Å². The van der Waals surface area contributed by atoms with E-state index in [2.05, 4.69) is 15.5 Å². The lowest BCUT2D eigenvalue weighted by molar-refractivity contribution is 0.191. The van der Waals surface area contributed by atoms with Crippen LogP contribution in [0.3, 0.4) is 0 Å². The lowest BCUT2D eigenvalue weighted by Gasteiger charge is -2.00. The first kappa shape index (κ1) is 7.51. The molecule has 1 aromatic heterocycles. The van der Waals surface area contributed by atoms with E-state index in [0.717, 1.165) is 0 Å². The predicted molar refractivity (Wildman–Crippen MR) is 40.1 cm³/mol. The summed E-state index contributed by atoms with van der Waals surface area (Å²) >= 11 is 0. The number of anilines is 1. The van der Waals surface area contributed by atoms with E-state index in [4.69, 9.17) is 10.3 Å². The minimum absolute atomic E-state index is 0.0511. The molecule has 0 radical (unpaired) electrons. The molecule has 1 fully saturated rings. The molecule has 2 heterocycles. The molecular weight excluding hydrogens is 160 g/mol. The largest absolute Gasteiger partial charge is 0.392 e. The number of aliphatic hydroxyl groups is 1. The summed E-state index contributed by atoms with van der Waals surface area (Å²) in [4.78, 5) is 3.85. The van der Waals surface area contributed by atoms with E-state index < -0.39 is 0 Å². The van der Waals surface area contributed by atoms with Crippen molar-refractivity contribution in [3.63, 3.8) is 0 Å². The van der Waals surface area contributed by atoms with Crippen molar-refractivity contribution < 1.29 is 9.63 Å². The number of aromatic nitrogens is 2. The predicted octanol–water partition coefficient (Wildman–Crippen LogP) is -0.953. The molecule has 0 aliphatic carbocycles. The fourth-order valence-corrected chi connectivity index (χ4v) is 1.29. The van der Waals surface area contributed by atoms with Crippen LogP contribution in [0.25, 0.3) is 0 Å². The van der Waals surface area contributed by atoms with Crippen molar-refractivity contribution in [2.24, 2.45) is 0 Å². The fraction of sp³-hybridized carbons (Fsp3) is 0.667. The maximum atomic E-state index is 9.18. The third-order valence-corrected chi connectivity index (χ3v) is 1.86. The minimum Gasteiger partial charge on any atom is -0.392 e. The van der Waals surface area contributed by atoms with Gasteiger partial charge in [0.1, 0.15) is 0 Å². The molecule has 2 atom stereocenters. The summed E-state index contributed by atoms with van der Waals surface area (Å²) in [6.45, 7) is 0.562. The van der Waals surface area contributed by atoms with Crippen LogP contribution in [0.4, 0.5) is 5.95 Å². The summed E-state index contributed by atoms with van der Waals surface area (Å²) in [5, 5.41) is 15.7. The molecule has 0 bridgehead atoms. The van der Waals surface area contributed by atoms with Crippen molar-refractivity contribution in [3.8, 4) is 0 Å². The van der Waals surface area contributed by atoms with Gasteiger partial charge in [-0.25, -0.2) is 0 Å². The van der Waals surface area contributed by atoms with Crippen LogP contribution in [-0.2, 0) is 0 Å². The van der Waals surface area contributed by atoms with Gasteiger partial charge >= 0.3 is 0 Å². The third-order valence-electron chi connectivity index (χ3n) is 1.86. The highest BCUT2D eigenvalue weighted by atomic mass is 16.5. The Kier molecular flexibility index (Phi) is 1.70. The molecule has 0 unspecified atom stereocenters. The Balaban J connectivity index is 2.11. The molecule has 6 heteroatoms. The van der Waals surface area contributed by atoms with Crippen LogP contribution < -0.4 is 11.1 Å². The Morgan fingerprint density at radius 2 is 2.50 bits per heavy atom. The van der Waals surface area contributed by atoms with Crippen LogP contribution in [0, 0.1) is 0 Å². The molecule has 1 saturated heterocycles. The zero-order valence-corrected chi connectivity index (χ0v) is 6.40. The van der Waals surface area contributed by atoms with Gasteiger partial charge in [0, 0.05) is 6.54 Å². The minimum atomic E-state index is -0.330. The molecule has 6 nitrogen and oxygen atoms in total. The van der Waals surface area contributed by atoms with Gasteiger partial charge in [0.15, 0.2) is 0 Å². The highest BCUT2D eigenvalue weighted by molar-refractivity contribution is 5.12. The highest BCUT2D eigenvalue weighted by Crippen LogP contribution is 2.21. The van der Waals surface area contributed by atoms with Crippen LogP contribution in [0.1, 0.15) is 18.4 Å². The van der Waals surface area contributed by atoms with Crippen molar-refractivity contribution in [1.82, 2.24) is 15.5 Å². The van der Waals surface area contributed by atoms with E-state index in [0.29, 0.717) is 18.9 Å². The fourth-order valence-electron chi connectivity index (χ4n) is 1.29. The number of hydrogen-bond acceptors (Lipinski definition) is 6. The van der Waals surface area contributed by atoms with Crippen LogP contribution in [0.2, 0.25) is 0 Å². The van der Waals surface area contributed by atoms with E-state index in [1.165, 1.54) is 0 Å². The second-order valence-electron chi connectivity index (χ2n) is 2.84. The number of hydrogen-bond donors (Lipinski definition) is 3. The standard InChI is InChI=1S/C6H10N4O2/c7-6-9-5(12-10-6)4-1-3(11)2-8-4/h3-4,8,11H,1-2H2,(H2,7,10)/t3-,4+/m1/s1. The smallest absolute Gasteiger partial charge is 0.260 e. The molecule has 1 aromatic rings. The van der Waals surface area contributed by atoms with Gasteiger partial charge in [-0.1, -0.05) is 0 Å². The first-order valence-electron chi connectivity index (χ1n) is 3.76. The van der Waals surface area contributed by atoms with Crippen molar-refractivity contribution >= 4 is 5.95 Å². The van der Waals surface area contributed by atoms with E-state index in [9.17, 15) is 5.11 Å². The number of rotatable bonds is 1. The maximum absolute atomic E-state index is 9.18. The molecule has 1 aliphatic rings. The zero-order chi connectivity index (χ0) is 8.55. The summed E-state index contributed by atoms with van der Waals surface area (Å²) in [5.41, 5.74) is 5.27. The summed E-state index contributed by atoms with van der Waals surface area (Å²) in [7, 11) is 0. The average molecular weight is 170 g/mol. The van der Waals surface area contributed by atoms with Gasteiger partial charge in [0.25, 0.3) is 5.95 Å². The third kappa shape index (κ3) is 1.26. The summed E-state index contributed by atoms with van der Waals surface area (Å²) in [5.74, 6) is 0.581. The second-order valence-corrected chi connectivity index (χ2v) is 2.84. The first-order chi connectivity index (χ1) is 5.75. The molecule has 0 amide bonds. The van der Waals surface area contributed by atoms with Gasteiger partial charge in [-0.05, 0) is 11.6 Å². The molecule has 1 aliphatic heterocycles. The highest BCUT2D eigenvalue weighted by Gasteiger charge is 2.27. The first-order valence-corrected chi connectivity index (χ1v) is 3.76. The molecule has 66 valence electrons. The number of nitrogens with one attached hydrogen (secondary N) is 1. The topological polar surface area (TPSA) is 97.2 Å². The number of aliphatic hydroxyl groups excluding tert-OH is 1. The van der Waals surface area contributed by atoms with Crippen molar-refractivity contribution in [2.45, 2.75) is 18.6 Å². The van der Waals surface area contributed by atoms with Crippen molar-refractivity contribution in [2.75, 3.05) is 12.3 Å². The van der Waals surface area contributed by atoms with E-state index in [-0.39, 0.29) is 18.1 Å². The summed E-state index contributed by atoms with van der Waals surface area (Å²) in [6, 6.07) is -0.0511. The van der Waals surface area contributed by atoms with Crippen molar-refractivity contribution in [3.05, 3.63) is 5.89 Å². The monoisotopic (exact) mass is 170 g/mol. The van der Waals surface area contributed by atoms with E-state index in [1.807, 2.05) is 0 Å². The van der Waals surface area contributed by atoms with Crippen molar-refractivity contribution in [1.29, 1.82) is 0 Å². The number of nitrogen functional groups attached to an aromatic ring is 1. The number of nitrogens with zero attached hydrogens (tertiary/aromatic N) is 2. The average Bonchev–Trinajstić information content (AvgIpc) is 2.58. The lowest BCUT2D eigenvalue weighted by atomic mass is 10.2. The Morgan fingerprint density at radius 3 is 3.00 bits per heavy atom. The Hall–Kier alpha value is -1.14. The maximum Gasteiger partial charge on any atom is 0.260 e. The lowest BCUT2D eigenvalue weighted by Crippen LogP contribution is -2.15. The molecular formula is C6H10N4O2. The molecule has 0 aromatic carbocycles. The van der Waals surface area contributed by atoms with Crippen LogP contribution in [0.5, 0.6) is 0 Å². The summed E-state index contributed by atoms with van der Waals surface area (Å²) in [6.07, 6.45) is 0.268. The van der Waals surface area contributed by atoms with Gasteiger partial charge in [-0.2, -0.15) is 4.98 Å². The second kappa shape index (κ2) is 2.72. The van der Waals surface area contributed by atoms with Gasteiger partial charge < -0.3 is 20.7 Å². The van der Waals surface area contributed by atoms with E-state index >= 15 is 0 Å². The molecule has 0 spiro atoms. The summed E-state index contributed by atoms with van der Waals surface area (Å²) < 4.78 is 4.84.